The van der Waals surface area contributed by atoms with E-state index >= 15 is 0 Å². The zero-order chi connectivity index (χ0) is 26.3. The molecule has 0 aliphatic carbocycles. The van der Waals surface area contributed by atoms with E-state index in [1.807, 2.05) is 18.2 Å². The van der Waals surface area contributed by atoms with Crippen molar-refractivity contribution in [2.75, 3.05) is 27.6 Å². The third kappa shape index (κ3) is 4.50. The summed E-state index contributed by atoms with van der Waals surface area (Å²) in [5.74, 6) is 1.83. The van der Waals surface area contributed by atoms with E-state index in [9.17, 15) is 9.59 Å². The summed E-state index contributed by atoms with van der Waals surface area (Å²) < 4.78 is 30.1. The van der Waals surface area contributed by atoms with Crippen molar-refractivity contribution in [2.24, 2.45) is 4.99 Å². The van der Waals surface area contributed by atoms with Crippen molar-refractivity contribution in [1.29, 1.82) is 0 Å². The van der Waals surface area contributed by atoms with Gasteiger partial charge in [0.15, 0.2) is 27.8 Å². The minimum atomic E-state index is -0.738. The number of carbonyl (C=O) groups is 1. The first-order valence-electron chi connectivity index (χ1n) is 11.4. The Morgan fingerprint density at radius 2 is 2.00 bits per heavy atom. The lowest BCUT2D eigenvalue weighted by Crippen LogP contribution is -2.39. The fourth-order valence-electron chi connectivity index (χ4n) is 4.36. The summed E-state index contributed by atoms with van der Waals surface area (Å²) in [6, 6.07) is 8.37. The second-order valence-corrected chi connectivity index (χ2v) is 10.3. The molecule has 5 rings (SSSR count). The van der Waals surface area contributed by atoms with Gasteiger partial charge in [-0.05, 0) is 77.9 Å². The smallest absolute Gasteiger partial charge is 0.338 e. The van der Waals surface area contributed by atoms with E-state index in [0.717, 1.165) is 9.13 Å². The number of methoxy groups -OCH3 is 2. The molecule has 0 N–H and O–H groups in total. The van der Waals surface area contributed by atoms with Gasteiger partial charge in [0.25, 0.3) is 5.56 Å². The molecule has 3 aromatic rings. The first kappa shape index (κ1) is 25.3. The third-order valence-electron chi connectivity index (χ3n) is 5.98. The first-order chi connectivity index (χ1) is 17.9. The van der Waals surface area contributed by atoms with Crippen LogP contribution in [0.2, 0.25) is 0 Å². The molecule has 11 heteroatoms. The van der Waals surface area contributed by atoms with Gasteiger partial charge in [-0.3, -0.25) is 9.36 Å². The van der Waals surface area contributed by atoms with Gasteiger partial charge in [-0.25, -0.2) is 9.79 Å². The monoisotopic (exact) mass is 634 g/mol. The van der Waals surface area contributed by atoms with Crippen LogP contribution in [-0.2, 0) is 9.53 Å². The van der Waals surface area contributed by atoms with Crippen LogP contribution in [0, 0.1) is 3.57 Å². The molecule has 9 nitrogen and oxygen atoms in total. The van der Waals surface area contributed by atoms with Crippen LogP contribution in [0.5, 0.6) is 23.0 Å². The normalized spacial score (nSPS) is 16.4. The van der Waals surface area contributed by atoms with Gasteiger partial charge in [0.2, 0.25) is 6.79 Å². The lowest BCUT2D eigenvalue weighted by molar-refractivity contribution is -0.139. The van der Waals surface area contributed by atoms with E-state index < -0.39 is 12.0 Å². The van der Waals surface area contributed by atoms with Crippen LogP contribution in [0.1, 0.15) is 31.0 Å². The van der Waals surface area contributed by atoms with E-state index in [1.165, 1.54) is 11.3 Å². The number of hydrogen-bond donors (Lipinski definition) is 0. The molecule has 0 radical (unpaired) electrons. The summed E-state index contributed by atoms with van der Waals surface area (Å²) in [5, 5.41) is 0. The number of nitrogens with zero attached hydrogens (tertiary/aromatic N) is 2. The Morgan fingerprint density at radius 3 is 2.73 bits per heavy atom. The molecular weight excluding hydrogens is 611 g/mol. The van der Waals surface area contributed by atoms with Crippen LogP contribution in [0.15, 0.2) is 51.4 Å². The highest BCUT2D eigenvalue weighted by molar-refractivity contribution is 14.1. The fourth-order valence-corrected chi connectivity index (χ4v) is 6.25. The van der Waals surface area contributed by atoms with Gasteiger partial charge < -0.3 is 23.7 Å². The van der Waals surface area contributed by atoms with Crippen LogP contribution in [0.25, 0.3) is 6.08 Å². The molecule has 0 saturated carbocycles. The maximum Gasteiger partial charge on any atom is 0.338 e. The van der Waals surface area contributed by atoms with Gasteiger partial charge in [0.05, 0.1) is 46.2 Å². The van der Waals surface area contributed by atoms with Crippen molar-refractivity contribution in [3.63, 3.8) is 0 Å². The molecule has 192 valence electrons. The van der Waals surface area contributed by atoms with E-state index in [-0.39, 0.29) is 19.0 Å². The Kier molecular flexibility index (Phi) is 6.99. The quantitative estimate of drug-likeness (QED) is 0.304. The summed E-state index contributed by atoms with van der Waals surface area (Å²) in [5.41, 5.74) is 1.99. The molecule has 0 spiro atoms. The van der Waals surface area contributed by atoms with Gasteiger partial charge in [0.1, 0.15) is 0 Å². The molecule has 2 aromatic carbocycles. The number of carbonyl (C=O) groups excluding carboxylic acids is 1. The molecule has 1 aromatic heterocycles. The number of allylic oxidation sites excluding steroid dienone is 1. The summed E-state index contributed by atoms with van der Waals surface area (Å²) in [7, 11) is 3.15. The van der Waals surface area contributed by atoms with Crippen molar-refractivity contribution < 1.29 is 28.5 Å². The number of aromatic nitrogens is 1. The molecule has 2 aliphatic rings. The van der Waals surface area contributed by atoms with E-state index in [1.54, 1.807) is 50.8 Å². The number of halogens is 1. The topological polar surface area (TPSA) is 97.6 Å². The predicted octanol–water partition coefficient (Wildman–Crippen LogP) is 3.15. The van der Waals surface area contributed by atoms with Gasteiger partial charge in [-0.2, -0.15) is 0 Å². The zero-order valence-electron chi connectivity index (χ0n) is 20.5. The summed E-state index contributed by atoms with van der Waals surface area (Å²) in [4.78, 5) is 32.0. The van der Waals surface area contributed by atoms with Crippen LogP contribution in [0.3, 0.4) is 0 Å². The highest BCUT2D eigenvalue weighted by Crippen LogP contribution is 2.38. The zero-order valence-corrected chi connectivity index (χ0v) is 23.5. The largest absolute Gasteiger partial charge is 0.493 e. The Hall–Kier alpha value is -3.32. The summed E-state index contributed by atoms with van der Waals surface area (Å²) in [6.45, 7) is 3.81. The van der Waals surface area contributed by atoms with Gasteiger partial charge >= 0.3 is 5.97 Å². The molecule has 37 heavy (non-hydrogen) atoms. The van der Waals surface area contributed by atoms with E-state index in [0.29, 0.717) is 49.2 Å². The van der Waals surface area contributed by atoms with Crippen LogP contribution >= 0.6 is 33.9 Å². The second kappa shape index (κ2) is 10.2. The highest BCUT2D eigenvalue weighted by Gasteiger charge is 2.34. The van der Waals surface area contributed by atoms with Crippen LogP contribution in [0.4, 0.5) is 0 Å². The third-order valence-corrected chi connectivity index (χ3v) is 7.77. The Labute approximate surface area is 229 Å². The predicted molar refractivity (Wildman–Crippen MR) is 145 cm³/mol. The number of fused-ring (bicyclic) bond motifs is 2. The molecule has 0 unspecified atom stereocenters. The number of rotatable bonds is 6. The molecule has 3 heterocycles. The number of ether oxygens (including phenoxy) is 5. The van der Waals surface area contributed by atoms with Crippen molar-refractivity contribution >= 4 is 46.0 Å². The number of thiazole rings is 1. The molecule has 0 bridgehead atoms. The molecule has 2 aliphatic heterocycles. The highest BCUT2D eigenvalue weighted by atomic mass is 127. The summed E-state index contributed by atoms with van der Waals surface area (Å²) in [6.07, 6.45) is 1.79. The van der Waals surface area contributed by atoms with Crippen LogP contribution in [-0.4, -0.2) is 38.2 Å². The van der Waals surface area contributed by atoms with E-state index in [4.69, 9.17) is 23.7 Å². The lowest BCUT2D eigenvalue weighted by Gasteiger charge is -2.24. The Morgan fingerprint density at radius 1 is 1.22 bits per heavy atom. The minimum absolute atomic E-state index is 0.116. The van der Waals surface area contributed by atoms with Gasteiger partial charge in [-0.1, -0.05) is 17.4 Å². The van der Waals surface area contributed by atoms with Crippen molar-refractivity contribution in [3.8, 4) is 23.0 Å². The summed E-state index contributed by atoms with van der Waals surface area (Å²) >= 11 is 3.42. The minimum Gasteiger partial charge on any atom is -0.493 e. The maximum atomic E-state index is 13.8. The molecule has 1 atom stereocenters. The average Bonchev–Trinajstić information content (AvgIpc) is 3.46. The fraction of sp³-hybridized carbons (Fsp3) is 0.269. The number of benzene rings is 2. The molecule has 0 fully saturated rings. The first-order valence-corrected chi connectivity index (χ1v) is 13.3. The van der Waals surface area contributed by atoms with Crippen LogP contribution < -0.4 is 33.8 Å². The SMILES string of the molecule is CCOC(=O)C1=C(C)N=c2s/c(=C/c3cc(I)c(OC)c(OC)c3)c(=O)n2[C@H]1c1ccc2c(c1)OCO2. The van der Waals surface area contributed by atoms with Crippen molar-refractivity contribution in [2.45, 2.75) is 19.9 Å². The molecule has 0 saturated heterocycles. The second-order valence-electron chi connectivity index (χ2n) is 8.15. The maximum absolute atomic E-state index is 13.8. The average molecular weight is 634 g/mol. The Balaban J connectivity index is 1.71. The van der Waals surface area contributed by atoms with Crippen molar-refractivity contribution in [3.05, 3.63) is 76.0 Å². The standard InChI is InChI=1S/C26H23IN2O7S/c1-5-34-25(31)21-13(2)28-26-29(22(21)15-6-7-17-18(11-15)36-12-35-17)24(30)20(37-26)10-14-8-16(27)23(33-4)19(9-14)32-3/h6-11,22H,5,12H2,1-4H3/b20-10+/t22-/m0/s1. The van der Waals surface area contributed by atoms with E-state index in [2.05, 4.69) is 27.6 Å². The molecular formula is C26H23IN2O7S. The van der Waals surface area contributed by atoms with Gasteiger partial charge in [0, 0.05) is 0 Å². The molecule has 0 amide bonds. The number of esters is 1. The Bertz CT molecular complexity index is 1620. The van der Waals surface area contributed by atoms with Crippen molar-refractivity contribution in [1.82, 2.24) is 4.57 Å². The lowest BCUT2D eigenvalue weighted by atomic mass is 9.95. The van der Waals surface area contributed by atoms with Gasteiger partial charge in [-0.15, -0.1) is 0 Å². The number of hydrogen-bond acceptors (Lipinski definition) is 9.